The number of nitrogens with one attached hydrogen (secondary N) is 1. The monoisotopic (exact) mass is 295 g/mol. The van der Waals surface area contributed by atoms with Gasteiger partial charge in [0.15, 0.2) is 0 Å². The molecule has 0 radical (unpaired) electrons. The predicted octanol–water partition coefficient (Wildman–Crippen LogP) is 2.35. The van der Waals surface area contributed by atoms with Crippen LogP contribution in [0.2, 0.25) is 0 Å². The molecule has 0 fully saturated rings. The van der Waals surface area contributed by atoms with E-state index in [2.05, 4.69) is 5.32 Å². The summed E-state index contributed by atoms with van der Waals surface area (Å²) in [5.74, 6) is -0.0850. The van der Waals surface area contributed by atoms with Crippen LogP contribution in [0.4, 0.5) is 0 Å². The topological polar surface area (TPSA) is 78.8 Å². The minimum Gasteiger partial charge on any atom is -0.491 e. The first kappa shape index (κ1) is 17.5. The first-order valence-corrected chi connectivity index (χ1v) is 7.35. The van der Waals surface area contributed by atoms with Crippen molar-refractivity contribution in [2.45, 2.75) is 51.9 Å². The summed E-state index contributed by atoms with van der Waals surface area (Å²) >= 11 is 0. The van der Waals surface area contributed by atoms with Gasteiger partial charge in [-0.15, -0.1) is 0 Å². The molecule has 1 aromatic rings. The van der Waals surface area contributed by atoms with Gasteiger partial charge in [-0.1, -0.05) is 19.1 Å². The van der Waals surface area contributed by atoms with E-state index in [1.54, 1.807) is 0 Å². The Bertz CT molecular complexity index is 430. The summed E-state index contributed by atoms with van der Waals surface area (Å²) in [6.07, 6.45) is 0.491. The molecule has 5 heteroatoms. The quantitative estimate of drug-likeness (QED) is 0.652. The second-order valence-corrected chi connectivity index (χ2v) is 5.29. The van der Waals surface area contributed by atoms with Gasteiger partial charge < -0.3 is 20.3 Å². The van der Waals surface area contributed by atoms with E-state index in [0.29, 0.717) is 19.4 Å². The number of aliphatic hydroxyl groups excluding tert-OH is 1. The second-order valence-electron chi connectivity index (χ2n) is 5.29. The molecule has 1 aromatic carbocycles. The molecule has 0 saturated carbocycles. The summed E-state index contributed by atoms with van der Waals surface area (Å²) < 4.78 is 5.54. The SMILES string of the molecule is CCC(NCCC(O)c1ccc(OC(C)C)cc1)C(=O)O. The van der Waals surface area contributed by atoms with E-state index >= 15 is 0 Å². The van der Waals surface area contributed by atoms with Gasteiger partial charge in [0, 0.05) is 0 Å². The smallest absolute Gasteiger partial charge is 0.320 e. The number of aliphatic carboxylic acids is 1. The van der Waals surface area contributed by atoms with Crippen molar-refractivity contribution in [1.82, 2.24) is 5.32 Å². The molecule has 0 spiro atoms. The number of carboxylic acid groups (broad SMARTS) is 1. The Morgan fingerprint density at radius 3 is 2.38 bits per heavy atom. The van der Waals surface area contributed by atoms with Crippen molar-refractivity contribution in [3.8, 4) is 5.75 Å². The normalized spacial score (nSPS) is 14.0. The average molecular weight is 295 g/mol. The number of hydrogen-bond acceptors (Lipinski definition) is 4. The van der Waals surface area contributed by atoms with Crippen LogP contribution in [-0.2, 0) is 4.79 Å². The molecule has 0 saturated heterocycles. The molecule has 0 aliphatic carbocycles. The predicted molar refractivity (Wildman–Crippen MR) is 81.5 cm³/mol. The average Bonchev–Trinajstić information content (AvgIpc) is 2.43. The van der Waals surface area contributed by atoms with E-state index in [4.69, 9.17) is 9.84 Å². The Labute approximate surface area is 125 Å². The van der Waals surface area contributed by atoms with Crippen LogP contribution in [0.25, 0.3) is 0 Å². The zero-order chi connectivity index (χ0) is 15.8. The van der Waals surface area contributed by atoms with Crippen LogP contribution in [0.5, 0.6) is 5.75 Å². The van der Waals surface area contributed by atoms with Crippen molar-refractivity contribution in [3.63, 3.8) is 0 Å². The summed E-state index contributed by atoms with van der Waals surface area (Å²) in [4.78, 5) is 10.9. The van der Waals surface area contributed by atoms with E-state index in [-0.39, 0.29) is 6.10 Å². The fourth-order valence-electron chi connectivity index (χ4n) is 2.01. The lowest BCUT2D eigenvalue weighted by Gasteiger charge is -2.16. The molecule has 21 heavy (non-hydrogen) atoms. The highest BCUT2D eigenvalue weighted by molar-refractivity contribution is 5.73. The van der Waals surface area contributed by atoms with Gasteiger partial charge in [0.25, 0.3) is 0 Å². The van der Waals surface area contributed by atoms with E-state index in [9.17, 15) is 9.90 Å². The van der Waals surface area contributed by atoms with Gasteiger partial charge >= 0.3 is 5.97 Å². The zero-order valence-electron chi connectivity index (χ0n) is 12.9. The number of aliphatic hydroxyl groups is 1. The Morgan fingerprint density at radius 2 is 1.90 bits per heavy atom. The van der Waals surface area contributed by atoms with Gasteiger partial charge in [-0.2, -0.15) is 0 Å². The van der Waals surface area contributed by atoms with Crippen LogP contribution >= 0.6 is 0 Å². The van der Waals surface area contributed by atoms with Crippen molar-refractivity contribution in [3.05, 3.63) is 29.8 Å². The standard InChI is InChI=1S/C16H25NO4/c1-4-14(16(19)20)17-10-9-15(18)12-5-7-13(8-6-12)21-11(2)3/h5-8,11,14-15,17-18H,4,9-10H2,1-3H3,(H,19,20). The third kappa shape index (κ3) is 6.14. The van der Waals surface area contributed by atoms with Crippen LogP contribution < -0.4 is 10.1 Å². The van der Waals surface area contributed by atoms with Crippen LogP contribution in [0, 0.1) is 0 Å². The number of carboxylic acids is 1. The minimum absolute atomic E-state index is 0.118. The number of ether oxygens (including phenoxy) is 1. The first-order valence-electron chi connectivity index (χ1n) is 7.35. The maximum Gasteiger partial charge on any atom is 0.320 e. The summed E-state index contributed by atoms with van der Waals surface area (Å²) in [6, 6.07) is 6.77. The highest BCUT2D eigenvalue weighted by atomic mass is 16.5. The molecule has 5 nitrogen and oxygen atoms in total. The Kier molecular flexibility index (Phi) is 7.19. The Balaban J connectivity index is 2.44. The lowest BCUT2D eigenvalue weighted by atomic mass is 10.1. The van der Waals surface area contributed by atoms with Crippen LogP contribution in [-0.4, -0.2) is 34.9 Å². The number of carbonyl (C=O) groups is 1. The Morgan fingerprint density at radius 1 is 1.29 bits per heavy atom. The van der Waals surface area contributed by atoms with Crippen LogP contribution in [0.1, 0.15) is 45.3 Å². The number of rotatable bonds is 9. The molecule has 118 valence electrons. The number of hydrogen-bond donors (Lipinski definition) is 3. The molecular weight excluding hydrogens is 270 g/mol. The van der Waals surface area contributed by atoms with E-state index < -0.39 is 18.1 Å². The first-order chi connectivity index (χ1) is 9.93. The van der Waals surface area contributed by atoms with Crippen molar-refractivity contribution >= 4 is 5.97 Å². The molecule has 2 unspecified atom stereocenters. The maximum absolute atomic E-state index is 10.9. The molecule has 3 N–H and O–H groups in total. The van der Waals surface area contributed by atoms with Gasteiger partial charge in [-0.05, 0) is 50.9 Å². The lowest BCUT2D eigenvalue weighted by Crippen LogP contribution is -2.37. The molecule has 0 aliphatic rings. The van der Waals surface area contributed by atoms with Crippen LogP contribution in [0.3, 0.4) is 0 Å². The summed E-state index contributed by atoms with van der Waals surface area (Å²) in [5.41, 5.74) is 0.802. The fraction of sp³-hybridized carbons (Fsp3) is 0.562. The highest BCUT2D eigenvalue weighted by Gasteiger charge is 2.15. The molecule has 0 bridgehead atoms. The Hall–Kier alpha value is -1.59. The molecule has 2 atom stereocenters. The maximum atomic E-state index is 10.9. The third-order valence-electron chi connectivity index (χ3n) is 3.15. The molecule has 0 heterocycles. The van der Waals surface area contributed by atoms with Gasteiger partial charge in [0.2, 0.25) is 0 Å². The van der Waals surface area contributed by atoms with E-state index in [1.165, 1.54) is 0 Å². The van der Waals surface area contributed by atoms with E-state index in [1.807, 2.05) is 45.0 Å². The third-order valence-corrected chi connectivity index (χ3v) is 3.15. The van der Waals surface area contributed by atoms with Gasteiger partial charge in [-0.3, -0.25) is 4.79 Å². The largest absolute Gasteiger partial charge is 0.491 e. The van der Waals surface area contributed by atoms with Gasteiger partial charge in [0.05, 0.1) is 12.2 Å². The molecular formula is C16H25NO4. The fourth-order valence-corrected chi connectivity index (χ4v) is 2.01. The second kappa shape index (κ2) is 8.64. The van der Waals surface area contributed by atoms with Crippen molar-refractivity contribution < 1.29 is 19.7 Å². The summed E-state index contributed by atoms with van der Waals surface area (Å²) in [6.45, 7) is 6.19. The number of benzene rings is 1. The zero-order valence-corrected chi connectivity index (χ0v) is 12.9. The van der Waals surface area contributed by atoms with Crippen molar-refractivity contribution in [2.75, 3.05) is 6.54 Å². The van der Waals surface area contributed by atoms with Crippen molar-refractivity contribution in [1.29, 1.82) is 0 Å². The molecule has 0 amide bonds. The van der Waals surface area contributed by atoms with Gasteiger partial charge in [0.1, 0.15) is 11.8 Å². The highest BCUT2D eigenvalue weighted by Crippen LogP contribution is 2.20. The summed E-state index contributed by atoms with van der Waals surface area (Å²) in [5, 5.41) is 21.9. The lowest BCUT2D eigenvalue weighted by molar-refractivity contribution is -0.139. The molecule has 1 rings (SSSR count). The minimum atomic E-state index is -0.859. The molecule has 0 aromatic heterocycles. The van der Waals surface area contributed by atoms with E-state index in [0.717, 1.165) is 11.3 Å². The summed E-state index contributed by atoms with van der Waals surface area (Å²) in [7, 11) is 0. The van der Waals surface area contributed by atoms with Crippen LogP contribution in [0.15, 0.2) is 24.3 Å². The molecule has 0 aliphatic heterocycles. The van der Waals surface area contributed by atoms with Gasteiger partial charge in [-0.25, -0.2) is 0 Å². The van der Waals surface area contributed by atoms with Crippen molar-refractivity contribution in [2.24, 2.45) is 0 Å².